The highest BCUT2D eigenvalue weighted by atomic mass is 35.5. The van der Waals surface area contributed by atoms with E-state index < -0.39 is 14.8 Å². The maximum Gasteiger partial charge on any atom is 0.293 e. The quantitative estimate of drug-likeness (QED) is 0.296. The van der Waals surface area contributed by atoms with Gasteiger partial charge in [0.1, 0.15) is 11.4 Å². The number of carbonyl (C=O) groups is 1. The summed E-state index contributed by atoms with van der Waals surface area (Å²) < 4.78 is 23.1. The maximum atomic E-state index is 12.3. The lowest BCUT2D eigenvalue weighted by Crippen LogP contribution is -2.29. The van der Waals surface area contributed by atoms with E-state index in [0.717, 1.165) is 23.2 Å². The Labute approximate surface area is 171 Å². The van der Waals surface area contributed by atoms with E-state index in [0.29, 0.717) is 10.7 Å². The SMILES string of the molecule is CS(=O)(=O)c1ccc(NCCNC(=O)c2cc3cc(Cl)ccc3[nH]2)c([N+](=O)[O-])c1. The minimum atomic E-state index is -3.56. The summed E-state index contributed by atoms with van der Waals surface area (Å²) in [5, 5.41) is 18.1. The lowest BCUT2D eigenvalue weighted by Gasteiger charge is -2.09. The molecule has 0 saturated heterocycles. The van der Waals surface area contributed by atoms with Crippen molar-refractivity contribution in [1.29, 1.82) is 0 Å². The van der Waals surface area contributed by atoms with E-state index in [1.807, 2.05) is 0 Å². The fourth-order valence-electron chi connectivity index (χ4n) is 2.74. The molecule has 9 nitrogen and oxygen atoms in total. The minimum absolute atomic E-state index is 0.137. The number of H-pyrrole nitrogens is 1. The molecule has 29 heavy (non-hydrogen) atoms. The van der Waals surface area contributed by atoms with E-state index in [1.54, 1.807) is 24.3 Å². The van der Waals surface area contributed by atoms with E-state index in [4.69, 9.17) is 11.6 Å². The molecule has 1 heterocycles. The van der Waals surface area contributed by atoms with Crippen LogP contribution in [0.15, 0.2) is 47.4 Å². The van der Waals surface area contributed by atoms with Crippen molar-refractivity contribution in [3.63, 3.8) is 0 Å². The van der Waals surface area contributed by atoms with Crippen LogP contribution in [-0.4, -0.2) is 43.6 Å². The van der Waals surface area contributed by atoms with Gasteiger partial charge in [0.2, 0.25) is 0 Å². The van der Waals surface area contributed by atoms with Gasteiger partial charge >= 0.3 is 0 Å². The molecule has 1 aromatic heterocycles. The van der Waals surface area contributed by atoms with Crippen LogP contribution in [-0.2, 0) is 9.84 Å². The van der Waals surface area contributed by atoms with Crippen molar-refractivity contribution in [2.24, 2.45) is 0 Å². The Kier molecular flexibility index (Phi) is 5.76. The first-order chi connectivity index (χ1) is 13.6. The molecule has 0 fully saturated rings. The third-order valence-corrected chi connectivity index (χ3v) is 5.49. The molecule has 2 aromatic carbocycles. The summed E-state index contributed by atoms with van der Waals surface area (Å²) in [5.41, 5.74) is 0.952. The number of sulfone groups is 1. The molecule has 1 amide bonds. The number of nitrogens with one attached hydrogen (secondary N) is 3. The average Bonchev–Trinajstić information content (AvgIpc) is 3.07. The highest BCUT2D eigenvalue weighted by molar-refractivity contribution is 7.90. The zero-order valence-electron chi connectivity index (χ0n) is 15.2. The summed E-state index contributed by atoms with van der Waals surface area (Å²) in [6.07, 6.45) is 0.979. The third-order valence-electron chi connectivity index (χ3n) is 4.15. The molecule has 0 bridgehead atoms. The Hall–Kier alpha value is -3.11. The normalized spacial score (nSPS) is 11.4. The Morgan fingerprint density at radius 1 is 1.17 bits per heavy atom. The van der Waals surface area contributed by atoms with Gasteiger partial charge in [-0.05, 0) is 36.4 Å². The first kappa shape index (κ1) is 20.6. The number of nitro benzene ring substituents is 1. The van der Waals surface area contributed by atoms with Crippen LogP contribution >= 0.6 is 11.6 Å². The van der Waals surface area contributed by atoms with Crippen LogP contribution in [0.4, 0.5) is 11.4 Å². The van der Waals surface area contributed by atoms with Gasteiger partial charge in [-0.1, -0.05) is 11.6 Å². The topological polar surface area (TPSA) is 134 Å². The molecule has 0 unspecified atom stereocenters. The molecule has 152 valence electrons. The predicted octanol–water partition coefficient (Wildman–Crippen LogP) is 2.97. The zero-order chi connectivity index (χ0) is 21.2. The molecule has 0 aliphatic heterocycles. The van der Waals surface area contributed by atoms with Crippen LogP contribution in [0, 0.1) is 10.1 Å². The molecule has 11 heteroatoms. The van der Waals surface area contributed by atoms with Gasteiger partial charge in [0.25, 0.3) is 11.6 Å². The second-order valence-corrected chi connectivity index (χ2v) is 8.76. The Balaban J connectivity index is 1.62. The van der Waals surface area contributed by atoms with E-state index in [2.05, 4.69) is 15.6 Å². The number of rotatable bonds is 7. The summed E-state index contributed by atoms with van der Waals surface area (Å²) in [6, 6.07) is 10.5. The Morgan fingerprint density at radius 3 is 2.62 bits per heavy atom. The number of aromatic amines is 1. The van der Waals surface area contributed by atoms with Gasteiger partial charge in [0, 0.05) is 41.3 Å². The van der Waals surface area contributed by atoms with Gasteiger partial charge in [0.15, 0.2) is 9.84 Å². The molecular weight excluding hydrogens is 420 g/mol. The van der Waals surface area contributed by atoms with E-state index in [1.165, 1.54) is 12.1 Å². The number of aromatic nitrogens is 1. The molecule has 0 aliphatic carbocycles. The smallest absolute Gasteiger partial charge is 0.293 e. The van der Waals surface area contributed by atoms with E-state index in [9.17, 15) is 23.3 Å². The minimum Gasteiger partial charge on any atom is -0.378 e. The Morgan fingerprint density at radius 2 is 1.93 bits per heavy atom. The van der Waals surface area contributed by atoms with Crippen LogP contribution < -0.4 is 10.6 Å². The van der Waals surface area contributed by atoms with Gasteiger partial charge in [0.05, 0.1) is 9.82 Å². The number of fused-ring (bicyclic) bond motifs is 1. The van der Waals surface area contributed by atoms with Crippen molar-refractivity contribution in [3.05, 3.63) is 63.3 Å². The van der Waals surface area contributed by atoms with E-state index in [-0.39, 0.29) is 35.3 Å². The van der Waals surface area contributed by atoms with Crippen LogP contribution in [0.3, 0.4) is 0 Å². The number of carbonyl (C=O) groups excluding carboxylic acids is 1. The number of nitro groups is 1. The monoisotopic (exact) mass is 436 g/mol. The van der Waals surface area contributed by atoms with Crippen LogP contribution in [0.25, 0.3) is 10.9 Å². The zero-order valence-corrected chi connectivity index (χ0v) is 16.8. The first-order valence-electron chi connectivity index (χ1n) is 8.44. The number of anilines is 1. The summed E-state index contributed by atoms with van der Waals surface area (Å²) in [5.74, 6) is -0.332. The third kappa shape index (κ3) is 4.84. The van der Waals surface area contributed by atoms with Gasteiger partial charge in [-0.2, -0.15) is 0 Å². The van der Waals surface area contributed by atoms with Gasteiger partial charge in [-0.25, -0.2) is 8.42 Å². The molecule has 3 rings (SSSR count). The van der Waals surface area contributed by atoms with Crippen molar-refractivity contribution < 1.29 is 18.1 Å². The number of hydrogen-bond acceptors (Lipinski definition) is 6. The standard InChI is InChI=1S/C18H17ClN4O5S/c1-29(27,28)13-3-5-15(17(10-13)23(25)26)20-6-7-21-18(24)16-9-11-8-12(19)2-4-14(11)22-16/h2-5,8-10,20,22H,6-7H2,1H3,(H,21,24). The Bertz CT molecular complexity index is 1210. The summed E-state index contributed by atoms with van der Waals surface area (Å²) in [6.45, 7) is 0.400. The van der Waals surface area contributed by atoms with Gasteiger partial charge in [-0.3, -0.25) is 14.9 Å². The maximum absolute atomic E-state index is 12.3. The molecule has 3 N–H and O–H groups in total. The summed E-state index contributed by atoms with van der Waals surface area (Å²) >= 11 is 5.93. The molecule has 3 aromatic rings. The fourth-order valence-corrected chi connectivity index (χ4v) is 3.56. The van der Waals surface area contributed by atoms with Crippen molar-refractivity contribution in [3.8, 4) is 0 Å². The van der Waals surface area contributed by atoms with Crippen molar-refractivity contribution in [2.45, 2.75) is 4.90 Å². The first-order valence-corrected chi connectivity index (χ1v) is 10.7. The fraction of sp³-hybridized carbons (Fsp3) is 0.167. The molecular formula is C18H17ClN4O5S. The average molecular weight is 437 g/mol. The van der Waals surface area contributed by atoms with E-state index >= 15 is 0 Å². The van der Waals surface area contributed by atoms with Crippen molar-refractivity contribution in [1.82, 2.24) is 10.3 Å². The highest BCUT2D eigenvalue weighted by Crippen LogP contribution is 2.27. The van der Waals surface area contributed by atoms with Crippen LogP contribution in [0.1, 0.15) is 10.5 Å². The lowest BCUT2D eigenvalue weighted by molar-refractivity contribution is -0.384. The number of nitrogens with zero attached hydrogens (tertiary/aromatic N) is 1. The van der Waals surface area contributed by atoms with Crippen LogP contribution in [0.5, 0.6) is 0 Å². The second kappa shape index (κ2) is 8.10. The molecule has 0 atom stereocenters. The van der Waals surface area contributed by atoms with Gasteiger partial charge < -0.3 is 15.6 Å². The summed E-state index contributed by atoms with van der Waals surface area (Å²) in [7, 11) is -3.56. The molecule has 0 saturated carbocycles. The van der Waals surface area contributed by atoms with Crippen molar-refractivity contribution in [2.75, 3.05) is 24.7 Å². The second-order valence-electron chi connectivity index (χ2n) is 6.31. The number of hydrogen-bond donors (Lipinski definition) is 3. The van der Waals surface area contributed by atoms with Crippen LogP contribution in [0.2, 0.25) is 5.02 Å². The molecule has 0 aliphatic rings. The largest absolute Gasteiger partial charge is 0.378 e. The number of amides is 1. The predicted molar refractivity (Wildman–Crippen MR) is 110 cm³/mol. The van der Waals surface area contributed by atoms with Gasteiger partial charge in [-0.15, -0.1) is 0 Å². The molecule has 0 radical (unpaired) electrons. The lowest BCUT2D eigenvalue weighted by atomic mass is 10.2. The van der Waals surface area contributed by atoms with Crippen molar-refractivity contribution >= 4 is 49.6 Å². The highest BCUT2D eigenvalue weighted by Gasteiger charge is 2.18. The summed E-state index contributed by atoms with van der Waals surface area (Å²) in [4.78, 5) is 25.7. The number of halogens is 1. The molecule has 0 spiro atoms. The number of benzene rings is 2.